The Morgan fingerprint density at radius 1 is 1.03 bits per heavy atom. The number of benzene rings is 2. The van der Waals surface area contributed by atoms with Gasteiger partial charge in [0, 0.05) is 33.3 Å². The van der Waals surface area contributed by atoms with Crippen molar-refractivity contribution in [2.24, 2.45) is 0 Å². The fourth-order valence-electron chi connectivity index (χ4n) is 3.39. The normalized spacial score (nSPS) is 15.8. The molecule has 154 valence electrons. The molecule has 2 heterocycles. The van der Waals surface area contributed by atoms with Crippen molar-refractivity contribution in [2.75, 3.05) is 38.9 Å². The molecule has 0 spiro atoms. The van der Waals surface area contributed by atoms with Crippen LogP contribution in [0.4, 0.5) is 5.69 Å². The second kappa shape index (κ2) is 7.57. The van der Waals surface area contributed by atoms with Gasteiger partial charge in [0.2, 0.25) is 16.8 Å². The van der Waals surface area contributed by atoms with Crippen LogP contribution in [-0.2, 0) is 10.0 Å². The van der Waals surface area contributed by atoms with E-state index in [9.17, 15) is 13.2 Å². The van der Waals surface area contributed by atoms with Gasteiger partial charge in [0.15, 0.2) is 11.5 Å². The minimum atomic E-state index is -3.68. The Kier molecular flexibility index (Phi) is 5.10. The minimum Gasteiger partial charge on any atom is -0.454 e. The Hall–Kier alpha value is -2.78. The number of anilines is 1. The zero-order valence-corrected chi connectivity index (χ0v) is 17.1. The summed E-state index contributed by atoms with van der Waals surface area (Å²) in [4.78, 5) is 15.1. The summed E-state index contributed by atoms with van der Waals surface area (Å²) >= 11 is 0. The Labute approximate surface area is 169 Å². The highest BCUT2D eigenvalue weighted by molar-refractivity contribution is 7.89. The summed E-state index contributed by atoms with van der Waals surface area (Å²) in [7, 11) is -0.778. The number of ether oxygens (including phenoxy) is 3. The molecule has 2 aromatic carbocycles. The molecule has 0 atom stereocenters. The lowest BCUT2D eigenvalue weighted by Gasteiger charge is -2.22. The fraction of sp³-hybridized carbons (Fsp3) is 0.350. The molecule has 4 rings (SSSR count). The number of rotatable bonds is 5. The van der Waals surface area contributed by atoms with E-state index in [0.717, 1.165) is 30.2 Å². The van der Waals surface area contributed by atoms with Gasteiger partial charge in [-0.3, -0.25) is 0 Å². The Bertz CT molecular complexity index is 1040. The third-order valence-corrected chi connectivity index (χ3v) is 6.78. The first-order valence-corrected chi connectivity index (χ1v) is 10.7. The summed E-state index contributed by atoms with van der Waals surface area (Å²) in [5.74, 6) is 0.759. The van der Waals surface area contributed by atoms with Gasteiger partial charge in [-0.15, -0.1) is 0 Å². The van der Waals surface area contributed by atoms with Gasteiger partial charge in [-0.2, -0.15) is 0 Å². The quantitative estimate of drug-likeness (QED) is 0.545. The van der Waals surface area contributed by atoms with Crippen molar-refractivity contribution < 1.29 is 27.4 Å². The van der Waals surface area contributed by atoms with Crippen LogP contribution in [0.25, 0.3) is 0 Å². The topological polar surface area (TPSA) is 85.4 Å². The van der Waals surface area contributed by atoms with Crippen molar-refractivity contribution in [1.82, 2.24) is 4.31 Å². The maximum Gasteiger partial charge on any atom is 0.345 e. The van der Waals surface area contributed by atoms with E-state index in [1.165, 1.54) is 26.2 Å². The standard InChI is InChI=1S/C20H22N2O6S/c1-21(2)29(24,25)15-6-7-17(22-9-3-4-10-22)16(12-15)20(23)28-14-5-8-18-19(11-14)27-13-26-18/h5-8,11-12H,3-4,9-10,13H2,1-2H3. The second-order valence-corrected chi connectivity index (χ2v) is 9.22. The van der Waals surface area contributed by atoms with Crippen LogP contribution in [0, 0.1) is 0 Å². The fourth-order valence-corrected chi connectivity index (χ4v) is 4.31. The monoisotopic (exact) mass is 418 g/mol. The van der Waals surface area contributed by atoms with Crippen molar-refractivity contribution in [1.29, 1.82) is 0 Å². The maximum absolute atomic E-state index is 13.0. The van der Waals surface area contributed by atoms with Crippen LogP contribution in [0.15, 0.2) is 41.3 Å². The second-order valence-electron chi connectivity index (χ2n) is 7.07. The van der Waals surface area contributed by atoms with Crippen molar-refractivity contribution in [3.05, 3.63) is 42.0 Å². The molecule has 1 saturated heterocycles. The molecule has 9 heteroatoms. The van der Waals surface area contributed by atoms with E-state index in [4.69, 9.17) is 14.2 Å². The van der Waals surface area contributed by atoms with Gasteiger partial charge in [-0.1, -0.05) is 0 Å². The molecule has 0 saturated carbocycles. The number of fused-ring (bicyclic) bond motifs is 1. The molecule has 0 aromatic heterocycles. The highest BCUT2D eigenvalue weighted by Gasteiger charge is 2.26. The molecular formula is C20H22N2O6S. The van der Waals surface area contributed by atoms with Crippen LogP contribution in [-0.4, -0.2) is 52.7 Å². The van der Waals surface area contributed by atoms with E-state index in [1.54, 1.807) is 24.3 Å². The number of esters is 1. The predicted octanol–water partition coefficient (Wildman–Crippen LogP) is 2.49. The number of hydrogen-bond donors (Lipinski definition) is 0. The summed E-state index contributed by atoms with van der Waals surface area (Å²) in [5, 5.41) is 0. The highest BCUT2D eigenvalue weighted by atomic mass is 32.2. The third-order valence-electron chi connectivity index (χ3n) is 4.97. The summed E-state index contributed by atoms with van der Waals surface area (Å²) in [6, 6.07) is 9.45. The van der Waals surface area contributed by atoms with Crippen molar-refractivity contribution >= 4 is 21.7 Å². The summed E-state index contributed by atoms with van der Waals surface area (Å²) < 4.78 is 42.4. The van der Waals surface area contributed by atoms with Gasteiger partial charge in [0.05, 0.1) is 16.1 Å². The smallest absolute Gasteiger partial charge is 0.345 e. The zero-order valence-electron chi connectivity index (χ0n) is 16.3. The van der Waals surface area contributed by atoms with Crippen molar-refractivity contribution in [3.8, 4) is 17.2 Å². The molecule has 0 unspecified atom stereocenters. The van der Waals surface area contributed by atoms with Crippen molar-refractivity contribution in [2.45, 2.75) is 17.7 Å². The molecule has 0 bridgehead atoms. The van der Waals surface area contributed by atoms with Gasteiger partial charge in [0.1, 0.15) is 5.75 Å². The van der Waals surface area contributed by atoms with E-state index in [2.05, 4.69) is 4.90 Å². The van der Waals surface area contributed by atoms with Gasteiger partial charge >= 0.3 is 5.97 Å². The largest absolute Gasteiger partial charge is 0.454 e. The summed E-state index contributed by atoms with van der Waals surface area (Å²) in [5.41, 5.74) is 0.887. The van der Waals surface area contributed by atoms with E-state index in [1.807, 2.05) is 0 Å². The SMILES string of the molecule is CN(C)S(=O)(=O)c1ccc(N2CCCC2)c(C(=O)Oc2ccc3c(c2)OCO3)c1. The average Bonchev–Trinajstić information content (AvgIpc) is 3.38. The molecule has 0 radical (unpaired) electrons. The van der Waals surface area contributed by atoms with E-state index in [-0.39, 0.29) is 17.3 Å². The summed E-state index contributed by atoms with van der Waals surface area (Å²) in [6.07, 6.45) is 2.04. The number of sulfonamides is 1. The average molecular weight is 418 g/mol. The number of hydrogen-bond acceptors (Lipinski definition) is 7. The Morgan fingerprint density at radius 2 is 1.76 bits per heavy atom. The number of carbonyl (C=O) groups is 1. The van der Waals surface area contributed by atoms with E-state index < -0.39 is 16.0 Å². The lowest BCUT2D eigenvalue weighted by Crippen LogP contribution is -2.25. The lowest BCUT2D eigenvalue weighted by molar-refractivity contribution is 0.0735. The first-order valence-electron chi connectivity index (χ1n) is 9.29. The van der Waals surface area contributed by atoms with E-state index >= 15 is 0 Å². The predicted molar refractivity (Wildman–Crippen MR) is 106 cm³/mol. The minimum absolute atomic E-state index is 0.0445. The zero-order chi connectivity index (χ0) is 20.6. The molecule has 2 aliphatic heterocycles. The van der Waals surface area contributed by atoms with Crippen LogP contribution >= 0.6 is 0 Å². The van der Waals surface area contributed by atoms with Gasteiger partial charge in [-0.25, -0.2) is 17.5 Å². The molecule has 2 aromatic rings. The summed E-state index contributed by atoms with van der Waals surface area (Å²) in [6.45, 7) is 1.74. The maximum atomic E-state index is 13.0. The molecule has 0 N–H and O–H groups in total. The van der Waals surface area contributed by atoms with Gasteiger partial charge in [0.25, 0.3) is 0 Å². The number of carbonyl (C=O) groups excluding carboxylic acids is 1. The van der Waals surface area contributed by atoms with Crippen molar-refractivity contribution in [3.63, 3.8) is 0 Å². The first-order chi connectivity index (χ1) is 13.9. The van der Waals surface area contributed by atoms with Gasteiger partial charge < -0.3 is 19.1 Å². The highest BCUT2D eigenvalue weighted by Crippen LogP contribution is 2.36. The van der Waals surface area contributed by atoms with Crippen LogP contribution in [0.5, 0.6) is 17.2 Å². The molecule has 0 amide bonds. The first kappa shape index (κ1) is 19.5. The molecule has 29 heavy (non-hydrogen) atoms. The van der Waals surface area contributed by atoms with Gasteiger partial charge in [-0.05, 0) is 43.2 Å². The molecular weight excluding hydrogens is 396 g/mol. The molecule has 8 nitrogen and oxygen atoms in total. The molecule has 1 fully saturated rings. The molecule has 0 aliphatic carbocycles. The van der Waals surface area contributed by atoms with Crippen LogP contribution in [0.1, 0.15) is 23.2 Å². The third kappa shape index (κ3) is 3.75. The lowest BCUT2D eigenvalue weighted by atomic mass is 10.1. The number of nitrogens with zero attached hydrogens (tertiary/aromatic N) is 2. The van der Waals surface area contributed by atoms with Crippen LogP contribution in [0.3, 0.4) is 0 Å². The molecule has 2 aliphatic rings. The van der Waals surface area contributed by atoms with Crippen LogP contribution in [0.2, 0.25) is 0 Å². The Balaban J connectivity index is 1.70. The van der Waals surface area contributed by atoms with Crippen LogP contribution < -0.4 is 19.1 Å². The van der Waals surface area contributed by atoms with E-state index in [0.29, 0.717) is 22.9 Å². The Morgan fingerprint density at radius 3 is 2.48 bits per heavy atom.